The molecule has 0 spiro atoms. The lowest BCUT2D eigenvalue weighted by Crippen LogP contribution is -2.48. The molecule has 2 aromatic heterocycles. The maximum atomic E-state index is 13.8. The zero-order valence-electron chi connectivity index (χ0n) is 24.2. The Morgan fingerprint density at radius 2 is 1.74 bits per heavy atom. The van der Waals surface area contributed by atoms with Gasteiger partial charge in [-0.2, -0.15) is 0 Å². The van der Waals surface area contributed by atoms with Gasteiger partial charge in [0.2, 0.25) is 0 Å². The van der Waals surface area contributed by atoms with E-state index in [-0.39, 0.29) is 21.7 Å². The van der Waals surface area contributed by atoms with E-state index in [4.69, 9.17) is 5.73 Å². The number of aromatic amines is 1. The van der Waals surface area contributed by atoms with Crippen molar-refractivity contribution < 1.29 is 31.1 Å². The second kappa shape index (κ2) is 12.3. The van der Waals surface area contributed by atoms with Crippen LogP contribution < -0.4 is 15.2 Å². The molecule has 46 heavy (non-hydrogen) atoms. The standard InChI is InChI=1S/C31H28F3N7O4S/c32-31(33,34)45-26-17-21(30(42)41-15-13-40(14-16-41)19-28-36-11-12-37-28)6-8-25(26)39-46(43,44)27-9-7-22(35)18-24(27)23-5-1-3-20-4-2-10-38-29(20)23/h1-12,17-18,39H,13-16,19,35H2,(H,36,37). The van der Waals surface area contributed by atoms with Crippen LogP contribution in [0.2, 0.25) is 0 Å². The quantitative estimate of drug-likeness (QED) is 0.202. The van der Waals surface area contributed by atoms with Crippen LogP contribution in [0.15, 0.2) is 90.2 Å². The zero-order chi connectivity index (χ0) is 32.5. The Morgan fingerprint density at radius 1 is 0.957 bits per heavy atom. The van der Waals surface area contributed by atoms with Gasteiger partial charge in [0.05, 0.1) is 22.6 Å². The summed E-state index contributed by atoms with van der Waals surface area (Å²) in [5.74, 6) is -0.600. The van der Waals surface area contributed by atoms with Crippen LogP contribution >= 0.6 is 0 Å². The summed E-state index contributed by atoms with van der Waals surface area (Å²) in [6.45, 7) is 2.32. The molecule has 3 heterocycles. The number of amides is 1. The Balaban J connectivity index is 1.28. The molecule has 6 rings (SSSR count). The van der Waals surface area contributed by atoms with Crippen LogP contribution in [0.5, 0.6) is 5.75 Å². The van der Waals surface area contributed by atoms with Gasteiger partial charge < -0.3 is 20.4 Å². The highest BCUT2D eigenvalue weighted by molar-refractivity contribution is 7.92. The molecule has 1 aliphatic heterocycles. The zero-order valence-corrected chi connectivity index (χ0v) is 25.0. The number of benzene rings is 3. The minimum atomic E-state index is -5.17. The number of alkyl halides is 3. The van der Waals surface area contributed by atoms with Crippen LogP contribution in [0.4, 0.5) is 24.5 Å². The molecular weight excluding hydrogens is 623 g/mol. The highest BCUT2D eigenvalue weighted by Crippen LogP contribution is 2.37. The lowest BCUT2D eigenvalue weighted by molar-refractivity contribution is -0.274. The third kappa shape index (κ3) is 6.74. The number of hydrogen-bond donors (Lipinski definition) is 3. The predicted octanol–water partition coefficient (Wildman–Crippen LogP) is 4.86. The third-order valence-electron chi connectivity index (χ3n) is 7.50. The summed E-state index contributed by atoms with van der Waals surface area (Å²) in [7, 11) is -4.53. The molecule has 238 valence electrons. The van der Waals surface area contributed by atoms with E-state index in [2.05, 4.69) is 29.3 Å². The maximum absolute atomic E-state index is 13.8. The molecule has 0 unspecified atom stereocenters. The molecule has 3 aromatic carbocycles. The van der Waals surface area contributed by atoms with E-state index in [1.165, 1.54) is 29.2 Å². The Kier molecular flexibility index (Phi) is 8.27. The van der Waals surface area contributed by atoms with Crippen LogP contribution in [0.1, 0.15) is 16.2 Å². The molecule has 0 aliphatic carbocycles. The van der Waals surface area contributed by atoms with Crippen molar-refractivity contribution in [3.8, 4) is 16.9 Å². The maximum Gasteiger partial charge on any atom is 0.573 e. The number of nitrogens with zero attached hydrogens (tertiary/aromatic N) is 4. The molecule has 15 heteroatoms. The first-order valence-electron chi connectivity index (χ1n) is 14.1. The van der Waals surface area contributed by atoms with E-state index in [0.717, 1.165) is 23.3 Å². The summed E-state index contributed by atoms with van der Waals surface area (Å²) >= 11 is 0. The molecule has 1 amide bonds. The van der Waals surface area contributed by atoms with Crippen molar-refractivity contribution in [1.29, 1.82) is 0 Å². The molecule has 0 saturated carbocycles. The third-order valence-corrected chi connectivity index (χ3v) is 8.93. The molecule has 5 aromatic rings. The van der Waals surface area contributed by atoms with Gasteiger partial charge in [-0.1, -0.05) is 24.3 Å². The minimum Gasteiger partial charge on any atom is -0.404 e. The molecule has 1 saturated heterocycles. The van der Waals surface area contributed by atoms with Gasteiger partial charge in [-0.15, -0.1) is 13.2 Å². The van der Waals surface area contributed by atoms with Crippen molar-refractivity contribution in [3.05, 3.63) is 96.7 Å². The highest BCUT2D eigenvalue weighted by Gasteiger charge is 2.34. The number of piperazine rings is 1. The normalized spacial score (nSPS) is 14.4. The van der Waals surface area contributed by atoms with E-state index in [0.29, 0.717) is 43.8 Å². The second-order valence-electron chi connectivity index (χ2n) is 10.6. The van der Waals surface area contributed by atoms with Gasteiger partial charge in [0, 0.05) is 72.5 Å². The van der Waals surface area contributed by atoms with Crippen molar-refractivity contribution >= 4 is 38.2 Å². The number of imidazole rings is 1. The number of para-hydroxylation sites is 1. The van der Waals surface area contributed by atoms with Gasteiger partial charge in [-0.3, -0.25) is 19.4 Å². The second-order valence-corrected chi connectivity index (χ2v) is 12.3. The largest absolute Gasteiger partial charge is 0.573 e. The van der Waals surface area contributed by atoms with Gasteiger partial charge in [-0.25, -0.2) is 13.4 Å². The fourth-order valence-corrected chi connectivity index (χ4v) is 6.62. The van der Waals surface area contributed by atoms with Gasteiger partial charge in [0.15, 0.2) is 5.75 Å². The number of carbonyl (C=O) groups is 1. The lowest BCUT2D eigenvalue weighted by Gasteiger charge is -2.34. The summed E-state index contributed by atoms with van der Waals surface area (Å²) in [6, 6.07) is 16.1. The number of nitrogen functional groups attached to an aromatic ring is 1. The van der Waals surface area contributed by atoms with Crippen LogP contribution in [0.3, 0.4) is 0 Å². The molecule has 11 nitrogen and oxygen atoms in total. The molecule has 0 radical (unpaired) electrons. The summed E-state index contributed by atoms with van der Waals surface area (Å²) < 4.78 is 74.5. The number of fused-ring (bicyclic) bond motifs is 1. The van der Waals surface area contributed by atoms with Crippen LogP contribution in [-0.2, 0) is 16.6 Å². The summed E-state index contributed by atoms with van der Waals surface area (Å²) in [6.07, 6.45) is -0.233. The number of nitrogens with one attached hydrogen (secondary N) is 2. The average molecular weight is 652 g/mol. The molecule has 1 fully saturated rings. The smallest absolute Gasteiger partial charge is 0.404 e. The van der Waals surface area contributed by atoms with Gasteiger partial charge >= 0.3 is 6.36 Å². The number of pyridine rings is 1. The van der Waals surface area contributed by atoms with E-state index in [1.807, 2.05) is 12.1 Å². The van der Waals surface area contributed by atoms with Gasteiger partial charge in [-0.05, 0) is 42.5 Å². The monoisotopic (exact) mass is 651 g/mol. The number of hydrogen-bond acceptors (Lipinski definition) is 8. The Bertz CT molecular complexity index is 1990. The predicted molar refractivity (Wildman–Crippen MR) is 165 cm³/mol. The first-order chi connectivity index (χ1) is 22.0. The molecule has 1 aliphatic rings. The van der Waals surface area contributed by atoms with Gasteiger partial charge in [0.1, 0.15) is 5.82 Å². The van der Waals surface area contributed by atoms with Crippen LogP contribution in [-0.4, -0.2) is 71.6 Å². The van der Waals surface area contributed by atoms with E-state index in [1.54, 1.807) is 36.8 Å². The van der Waals surface area contributed by atoms with Gasteiger partial charge in [0.25, 0.3) is 15.9 Å². The first-order valence-corrected chi connectivity index (χ1v) is 15.6. The summed E-state index contributed by atoms with van der Waals surface area (Å²) in [5.41, 5.74) is 6.87. The van der Waals surface area contributed by atoms with E-state index >= 15 is 0 Å². The van der Waals surface area contributed by atoms with Crippen molar-refractivity contribution in [2.45, 2.75) is 17.8 Å². The Morgan fingerprint density at radius 3 is 2.48 bits per heavy atom. The number of halogens is 3. The van der Waals surface area contributed by atoms with Crippen molar-refractivity contribution in [2.75, 3.05) is 36.6 Å². The van der Waals surface area contributed by atoms with Crippen molar-refractivity contribution in [1.82, 2.24) is 24.8 Å². The fraction of sp³-hybridized carbons (Fsp3) is 0.194. The number of ether oxygens (including phenoxy) is 1. The average Bonchev–Trinajstić information content (AvgIpc) is 3.54. The number of anilines is 2. The van der Waals surface area contributed by atoms with Crippen molar-refractivity contribution in [2.24, 2.45) is 0 Å². The number of sulfonamides is 1. The number of H-pyrrole nitrogens is 1. The van der Waals surface area contributed by atoms with E-state index in [9.17, 15) is 26.4 Å². The fourth-order valence-electron chi connectivity index (χ4n) is 5.35. The number of nitrogens with two attached hydrogens (primary N) is 1. The Labute approximate surface area is 261 Å². The topological polar surface area (TPSA) is 147 Å². The minimum absolute atomic E-state index is 0.0864. The number of carbonyl (C=O) groups excluding carboxylic acids is 1. The van der Waals surface area contributed by atoms with Crippen molar-refractivity contribution in [3.63, 3.8) is 0 Å². The molecule has 0 bridgehead atoms. The SMILES string of the molecule is Nc1ccc(S(=O)(=O)Nc2ccc(C(=O)N3CCN(Cc4ncc[nH]4)CC3)cc2OC(F)(F)F)c(-c2cccc3cccnc23)c1. The molecular formula is C31H28F3N7O4S. The molecule has 0 atom stereocenters. The number of aromatic nitrogens is 3. The van der Waals surface area contributed by atoms with Crippen LogP contribution in [0.25, 0.3) is 22.0 Å². The summed E-state index contributed by atoms with van der Waals surface area (Å²) in [4.78, 5) is 28.3. The Hall–Kier alpha value is -5.15. The number of rotatable bonds is 8. The summed E-state index contributed by atoms with van der Waals surface area (Å²) in [5, 5.41) is 0.749. The lowest BCUT2D eigenvalue weighted by atomic mass is 10.0. The highest BCUT2D eigenvalue weighted by atomic mass is 32.2. The van der Waals surface area contributed by atoms with Crippen LogP contribution in [0, 0.1) is 0 Å². The molecule has 4 N–H and O–H groups in total. The van der Waals surface area contributed by atoms with E-state index < -0.39 is 33.7 Å². The first kappa shape index (κ1) is 30.9.